The molecule has 0 saturated heterocycles. The van der Waals surface area contributed by atoms with Crippen molar-refractivity contribution in [3.63, 3.8) is 0 Å². The molecule has 180 valence electrons. The molecule has 4 rings (SSSR count). The number of benzene rings is 2. The van der Waals surface area contributed by atoms with E-state index >= 15 is 0 Å². The minimum Gasteiger partial charge on any atom is -0.502 e. The lowest BCUT2D eigenvalue weighted by Crippen LogP contribution is -2.54. The smallest absolute Gasteiger partial charge is 0.330 e. The molecule has 10 heteroatoms. The number of aliphatic hydroxyl groups is 1. The molecule has 1 amide bonds. The molecule has 2 heterocycles. The summed E-state index contributed by atoms with van der Waals surface area (Å²) in [6.45, 7) is -0.584. The van der Waals surface area contributed by atoms with Crippen LogP contribution in [0, 0.1) is 0 Å². The first-order chi connectivity index (χ1) is 16.4. The largest absolute Gasteiger partial charge is 0.502 e. The number of nitrogens with one attached hydrogen (secondary N) is 3. The molecule has 0 aliphatic carbocycles. The molecular weight excluding hydrogens is 442 g/mol. The molecule has 1 aliphatic heterocycles. The lowest BCUT2D eigenvalue weighted by atomic mass is 9.89. The van der Waals surface area contributed by atoms with Crippen LogP contribution < -0.4 is 20.1 Å². The second kappa shape index (κ2) is 9.62. The van der Waals surface area contributed by atoms with Crippen molar-refractivity contribution < 1.29 is 34.0 Å². The number of para-hydroxylation sites is 1. The van der Waals surface area contributed by atoms with E-state index in [4.69, 9.17) is 9.47 Å². The molecule has 0 bridgehead atoms. The number of phenolic OH excluding ortho intramolecular Hbond substituents is 1. The number of fused-ring (bicyclic) bond motifs is 3. The number of H-pyrrole nitrogens is 1. The Hall–Kier alpha value is -3.76. The molecule has 0 spiro atoms. The Morgan fingerprint density at radius 3 is 2.44 bits per heavy atom. The summed E-state index contributed by atoms with van der Waals surface area (Å²) in [4.78, 5) is 28.5. The van der Waals surface area contributed by atoms with E-state index in [1.807, 2.05) is 24.3 Å². The highest BCUT2D eigenvalue weighted by molar-refractivity contribution is 5.90. The Bertz CT molecular complexity index is 1200. The lowest BCUT2D eigenvalue weighted by Gasteiger charge is -2.32. The molecule has 2 aromatic carbocycles. The molecular formula is C24H27N3O7. The van der Waals surface area contributed by atoms with E-state index in [2.05, 4.69) is 20.4 Å². The zero-order valence-electron chi connectivity index (χ0n) is 19.0. The first-order valence-corrected chi connectivity index (χ1v) is 10.7. The van der Waals surface area contributed by atoms with Gasteiger partial charge in [-0.25, -0.2) is 4.79 Å². The number of aliphatic hydroxyl groups excluding tert-OH is 1. The number of carbonyl (C=O) groups excluding carboxylic acids is 2. The number of methoxy groups -OCH3 is 3. The molecule has 1 aliphatic rings. The minimum atomic E-state index is -1.17. The second-order valence-electron chi connectivity index (χ2n) is 7.96. The maximum Gasteiger partial charge on any atom is 0.330 e. The van der Waals surface area contributed by atoms with Gasteiger partial charge in [-0.1, -0.05) is 18.2 Å². The standard InChI is InChI=1S/C24H27N3O7/c1-32-18-8-12(9-19(33-2)22(18)29)20-21-14(13-6-4-5-7-15(13)25-21)10-16(26-20)23(30)27-17(11-28)24(31)34-3/h4-9,16-17,20,25-26,28-29H,10-11H2,1-3H3,(H,27,30)/t16-,17-,20+/m0/s1. The van der Waals surface area contributed by atoms with Gasteiger partial charge in [-0.15, -0.1) is 0 Å². The number of ether oxygens (including phenoxy) is 3. The summed E-state index contributed by atoms with van der Waals surface area (Å²) < 4.78 is 15.3. The fourth-order valence-corrected chi connectivity index (χ4v) is 4.34. The number of aromatic hydroxyl groups is 1. The van der Waals surface area contributed by atoms with Crippen molar-refractivity contribution in [2.45, 2.75) is 24.5 Å². The summed E-state index contributed by atoms with van der Waals surface area (Å²) in [5.41, 5.74) is 3.43. The van der Waals surface area contributed by atoms with Gasteiger partial charge >= 0.3 is 5.97 Å². The third-order valence-electron chi connectivity index (χ3n) is 6.05. The number of aromatic nitrogens is 1. The third-order valence-corrected chi connectivity index (χ3v) is 6.05. The number of esters is 1. The molecule has 34 heavy (non-hydrogen) atoms. The highest BCUT2D eigenvalue weighted by Gasteiger charge is 2.36. The fraction of sp³-hybridized carbons (Fsp3) is 0.333. The Morgan fingerprint density at radius 2 is 1.82 bits per heavy atom. The first-order valence-electron chi connectivity index (χ1n) is 10.7. The summed E-state index contributed by atoms with van der Waals surface area (Å²) in [5, 5.41) is 26.7. The van der Waals surface area contributed by atoms with E-state index in [1.54, 1.807) is 12.1 Å². The average molecular weight is 469 g/mol. The van der Waals surface area contributed by atoms with Gasteiger partial charge in [0.1, 0.15) is 0 Å². The van der Waals surface area contributed by atoms with Crippen LogP contribution in [0.4, 0.5) is 0 Å². The minimum absolute atomic E-state index is 0.125. The van der Waals surface area contributed by atoms with Gasteiger partial charge in [-0.2, -0.15) is 0 Å². The predicted molar refractivity (Wildman–Crippen MR) is 123 cm³/mol. The van der Waals surface area contributed by atoms with Crippen LogP contribution in [0.2, 0.25) is 0 Å². The predicted octanol–water partition coefficient (Wildman–Crippen LogP) is 1.14. The van der Waals surface area contributed by atoms with Crippen molar-refractivity contribution in [1.82, 2.24) is 15.6 Å². The SMILES string of the molecule is COC(=O)[C@H](CO)NC(=O)[C@@H]1Cc2c([nH]c3ccccc23)[C@@H](c2cc(OC)c(O)c(OC)c2)N1. The number of hydrogen-bond acceptors (Lipinski definition) is 8. The maximum absolute atomic E-state index is 13.1. The van der Waals surface area contributed by atoms with Crippen molar-refractivity contribution in [2.24, 2.45) is 0 Å². The highest BCUT2D eigenvalue weighted by atomic mass is 16.5. The monoisotopic (exact) mass is 469 g/mol. The molecule has 1 aromatic heterocycles. The van der Waals surface area contributed by atoms with E-state index < -0.39 is 36.6 Å². The van der Waals surface area contributed by atoms with Gasteiger partial charge in [0.15, 0.2) is 17.5 Å². The van der Waals surface area contributed by atoms with Crippen LogP contribution in [0.25, 0.3) is 10.9 Å². The highest BCUT2D eigenvalue weighted by Crippen LogP contribution is 2.42. The zero-order chi connectivity index (χ0) is 24.4. The van der Waals surface area contributed by atoms with Gasteiger partial charge in [-0.05, 0) is 35.7 Å². The molecule has 0 radical (unpaired) electrons. The lowest BCUT2D eigenvalue weighted by molar-refractivity contribution is -0.146. The number of amides is 1. The molecule has 0 unspecified atom stereocenters. The van der Waals surface area contributed by atoms with Crippen LogP contribution >= 0.6 is 0 Å². The van der Waals surface area contributed by atoms with Gasteiger partial charge in [0.05, 0.1) is 40.0 Å². The van der Waals surface area contributed by atoms with Crippen molar-refractivity contribution in [3.05, 3.63) is 53.2 Å². The summed E-state index contributed by atoms with van der Waals surface area (Å²) in [7, 11) is 4.08. The summed E-state index contributed by atoms with van der Waals surface area (Å²) >= 11 is 0. The maximum atomic E-state index is 13.1. The van der Waals surface area contributed by atoms with E-state index in [0.29, 0.717) is 12.0 Å². The number of rotatable bonds is 7. The number of carbonyl (C=O) groups is 2. The third kappa shape index (κ3) is 4.13. The Balaban J connectivity index is 1.78. The van der Waals surface area contributed by atoms with E-state index in [1.165, 1.54) is 21.3 Å². The van der Waals surface area contributed by atoms with Crippen LogP contribution in [-0.2, 0) is 20.7 Å². The van der Waals surface area contributed by atoms with Crippen LogP contribution in [0.15, 0.2) is 36.4 Å². The number of aromatic amines is 1. The van der Waals surface area contributed by atoms with Crippen molar-refractivity contribution in [1.29, 1.82) is 0 Å². The molecule has 3 aromatic rings. The van der Waals surface area contributed by atoms with Gasteiger partial charge < -0.3 is 34.7 Å². The van der Waals surface area contributed by atoms with E-state index in [9.17, 15) is 19.8 Å². The zero-order valence-corrected chi connectivity index (χ0v) is 19.0. The van der Waals surface area contributed by atoms with Crippen molar-refractivity contribution in [2.75, 3.05) is 27.9 Å². The van der Waals surface area contributed by atoms with E-state index in [-0.39, 0.29) is 17.2 Å². The summed E-state index contributed by atoms with van der Waals surface area (Å²) in [6.07, 6.45) is 0.355. The second-order valence-corrected chi connectivity index (χ2v) is 7.96. The topological polar surface area (TPSA) is 142 Å². The van der Waals surface area contributed by atoms with Crippen molar-refractivity contribution >= 4 is 22.8 Å². The molecule has 3 atom stereocenters. The average Bonchev–Trinajstić information content (AvgIpc) is 3.25. The molecule has 5 N–H and O–H groups in total. The summed E-state index contributed by atoms with van der Waals surface area (Å²) in [6, 6.07) is 8.76. The number of hydrogen-bond donors (Lipinski definition) is 5. The number of phenols is 1. The molecule has 0 saturated carbocycles. The van der Waals surface area contributed by atoms with E-state index in [0.717, 1.165) is 22.2 Å². The Kier molecular flexibility index (Phi) is 6.62. The summed E-state index contributed by atoms with van der Waals surface area (Å²) in [5.74, 6) is -0.857. The van der Waals surface area contributed by atoms with Crippen LogP contribution in [-0.4, -0.2) is 67.1 Å². The first kappa shape index (κ1) is 23.4. The van der Waals surface area contributed by atoms with Crippen LogP contribution in [0.3, 0.4) is 0 Å². The van der Waals surface area contributed by atoms with Gasteiger partial charge in [0.25, 0.3) is 0 Å². The van der Waals surface area contributed by atoms with Gasteiger partial charge in [-0.3, -0.25) is 10.1 Å². The van der Waals surface area contributed by atoms with Crippen LogP contribution in [0.1, 0.15) is 22.9 Å². The Labute approximate surface area is 195 Å². The normalized spacial score (nSPS) is 18.1. The van der Waals surface area contributed by atoms with Gasteiger partial charge in [0.2, 0.25) is 11.7 Å². The van der Waals surface area contributed by atoms with Crippen LogP contribution in [0.5, 0.6) is 17.2 Å². The molecule has 0 fully saturated rings. The Morgan fingerprint density at radius 1 is 1.15 bits per heavy atom. The van der Waals surface area contributed by atoms with Crippen molar-refractivity contribution in [3.8, 4) is 17.2 Å². The van der Waals surface area contributed by atoms with Gasteiger partial charge in [0, 0.05) is 16.6 Å². The fourth-order valence-electron chi connectivity index (χ4n) is 4.34. The quantitative estimate of drug-likeness (QED) is 0.324. The molecule has 10 nitrogen and oxygen atoms in total.